The molecule has 2 heterocycles. The topological polar surface area (TPSA) is 110 Å². The third kappa shape index (κ3) is 2.74. The van der Waals surface area contributed by atoms with Crippen LogP contribution >= 0.6 is 0 Å². The Hall–Kier alpha value is -2.16. The zero-order valence-electron chi connectivity index (χ0n) is 9.54. The number of imidazole rings is 1. The van der Waals surface area contributed by atoms with E-state index >= 15 is 0 Å². The molecule has 0 radical (unpaired) electrons. The maximum atomic E-state index is 11.0. The molecule has 2 aromatic heterocycles. The maximum Gasteiger partial charge on any atom is 0.337 e. The number of fused-ring (bicyclic) bond motifs is 1. The van der Waals surface area contributed by atoms with E-state index in [1.165, 1.54) is 6.33 Å². The molecular weight excluding hydrogens is 258 g/mol. The summed E-state index contributed by atoms with van der Waals surface area (Å²) >= 11 is 0. The summed E-state index contributed by atoms with van der Waals surface area (Å²) in [6, 6.07) is -0.274. The number of anilines is 1. The zero-order valence-corrected chi connectivity index (χ0v) is 10.4. The third-order valence-corrected chi connectivity index (χ3v) is 2.36. The SMILES string of the molecule is C=CCNc1nc(OS(C)(=O)=O)nc2nc[nH]c12. The number of nitrogens with zero attached hydrogens (tertiary/aromatic N) is 3. The summed E-state index contributed by atoms with van der Waals surface area (Å²) < 4.78 is 26.7. The lowest BCUT2D eigenvalue weighted by Gasteiger charge is -2.05. The first-order valence-electron chi connectivity index (χ1n) is 4.95. The Morgan fingerprint density at radius 3 is 3.00 bits per heavy atom. The number of hydrogen-bond donors (Lipinski definition) is 2. The lowest BCUT2D eigenvalue weighted by molar-refractivity contribution is 0.472. The fraction of sp³-hybridized carbons (Fsp3) is 0.222. The Kier molecular flexibility index (Phi) is 3.15. The normalized spacial score (nSPS) is 11.4. The predicted molar refractivity (Wildman–Crippen MR) is 65.8 cm³/mol. The van der Waals surface area contributed by atoms with E-state index in [9.17, 15) is 8.42 Å². The Labute approximate surface area is 103 Å². The van der Waals surface area contributed by atoms with Crippen molar-refractivity contribution in [3.63, 3.8) is 0 Å². The van der Waals surface area contributed by atoms with Crippen LogP contribution in [-0.2, 0) is 10.1 Å². The highest BCUT2D eigenvalue weighted by molar-refractivity contribution is 7.86. The molecule has 2 N–H and O–H groups in total. The van der Waals surface area contributed by atoms with Gasteiger partial charge in [-0.3, -0.25) is 0 Å². The Morgan fingerprint density at radius 2 is 2.33 bits per heavy atom. The number of H-pyrrole nitrogens is 1. The molecule has 0 saturated heterocycles. The van der Waals surface area contributed by atoms with E-state index in [-0.39, 0.29) is 6.01 Å². The molecule has 0 unspecified atom stereocenters. The van der Waals surface area contributed by atoms with Crippen molar-refractivity contribution in [2.45, 2.75) is 0 Å². The zero-order chi connectivity index (χ0) is 13.2. The van der Waals surface area contributed by atoms with Gasteiger partial charge in [-0.05, 0) is 0 Å². The first-order chi connectivity index (χ1) is 8.49. The Balaban J connectivity index is 2.46. The molecule has 0 fully saturated rings. The van der Waals surface area contributed by atoms with Gasteiger partial charge in [-0.15, -0.1) is 6.58 Å². The summed E-state index contributed by atoms with van der Waals surface area (Å²) in [6.45, 7) is 4.03. The van der Waals surface area contributed by atoms with Crippen LogP contribution in [0.25, 0.3) is 11.2 Å². The van der Waals surface area contributed by atoms with Crippen LogP contribution in [0.15, 0.2) is 19.0 Å². The monoisotopic (exact) mass is 269 g/mol. The summed E-state index contributed by atoms with van der Waals surface area (Å²) in [5, 5.41) is 2.93. The van der Waals surface area contributed by atoms with E-state index in [0.717, 1.165) is 6.26 Å². The minimum absolute atomic E-state index is 0.274. The van der Waals surface area contributed by atoms with E-state index in [0.29, 0.717) is 23.5 Å². The van der Waals surface area contributed by atoms with Gasteiger partial charge >= 0.3 is 16.1 Å². The van der Waals surface area contributed by atoms with Crippen molar-refractivity contribution in [1.29, 1.82) is 0 Å². The lowest BCUT2D eigenvalue weighted by atomic mass is 10.5. The lowest BCUT2D eigenvalue weighted by Crippen LogP contribution is -2.10. The molecule has 0 atom stereocenters. The molecule has 0 aliphatic heterocycles. The van der Waals surface area contributed by atoms with Crippen molar-refractivity contribution < 1.29 is 12.6 Å². The third-order valence-electron chi connectivity index (χ3n) is 1.90. The molecule has 0 spiro atoms. The van der Waals surface area contributed by atoms with Gasteiger partial charge in [0.2, 0.25) is 0 Å². The molecule has 18 heavy (non-hydrogen) atoms. The van der Waals surface area contributed by atoms with Crippen molar-refractivity contribution in [1.82, 2.24) is 19.9 Å². The summed E-state index contributed by atoms with van der Waals surface area (Å²) in [4.78, 5) is 14.6. The Bertz CT molecular complexity index is 679. The molecule has 0 aliphatic rings. The number of aromatic nitrogens is 4. The second-order valence-electron chi connectivity index (χ2n) is 3.41. The quantitative estimate of drug-likeness (QED) is 0.593. The smallest absolute Gasteiger partial charge is 0.337 e. The van der Waals surface area contributed by atoms with Crippen LogP contribution in [0.2, 0.25) is 0 Å². The number of nitrogens with one attached hydrogen (secondary N) is 2. The van der Waals surface area contributed by atoms with E-state index in [2.05, 4.69) is 36.0 Å². The highest BCUT2D eigenvalue weighted by Crippen LogP contribution is 2.20. The highest BCUT2D eigenvalue weighted by Gasteiger charge is 2.13. The molecule has 96 valence electrons. The fourth-order valence-electron chi connectivity index (χ4n) is 1.28. The van der Waals surface area contributed by atoms with Gasteiger partial charge in [-0.25, -0.2) is 4.98 Å². The van der Waals surface area contributed by atoms with Gasteiger partial charge in [-0.1, -0.05) is 6.08 Å². The van der Waals surface area contributed by atoms with Crippen LogP contribution in [0.4, 0.5) is 5.82 Å². The molecule has 0 amide bonds. The molecule has 9 heteroatoms. The molecule has 2 aromatic rings. The van der Waals surface area contributed by atoms with Crippen LogP contribution < -0.4 is 9.50 Å². The van der Waals surface area contributed by atoms with Crippen molar-refractivity contribution in [3.05, 3.63) is 19.0 Å². The molecule has 0 saturated carbocycles. The van der Waals surface area contributed by atoms with Crippen LogP contribution in [0, 0.1) is 0 Å². The van der Waals surface area contributed by atoms with Gasteiger partial charge in [0.15, 0.2) is 11.5 Å². The predicted octanol–water partition coefficient (Wildman–Crippen LogP) is 0.289. The van der Waals surface area contributed by atoms with Gasteiger partial charge < -0.3 is 14.5 Å². The van der Waals surface area contributed by atoms with E-state index in [4.69, 9.17) is 0 Å². The molecular formula is C9H11N5O3S. The average molecular weight is 269 g/mol. The fourth-order valence-corrected chi connectivity index (χ4v) is 1.63. The second-order valence-corrected chi connectivity index (χ2v) is 4.99. The summed E-state index contributed by atoms with van der Waals surface area (Å²) in [5.41, 5.74) is 0.882. The van der Waals surface area contributed by atoms with Crippen LogP contribution in [0.3, 0.4) is 0 Å². The molecule has 0 aliphatic carbocycles. The number of aromatic amines is 1. The van der Waals surface area contributed by atoms with Crippen LogP contribution in [0.5, 0.6) is 6.01 Å². The standard InChI is InChI=1S/C9H11N5O3S/c1-3-4-10-7-6-8(12-5-11-6)14-9(13-7)17-18(2,15)16/h3,5H,1,4H2,2H3,(H2,10,11,12,13,14). The number of hydrogen-bond acceptors (Lipinski definition) is 7. The molecule has 0 aromatic carbocycles. The average Bonchev–Trinajstić information content (AvgIpc) is 2.71. The van der Waals surface area contributed by atoms with E-state index in [1.807, 2.05) is 0 Å². The van der Waals surface area contributed by atoms with Crippen molar-refractivity contribution in [3.8, 4) is 6.01 Å². The van der Waals surface area contributed by atoms with Gasteiger partial charge in [-0.2, -0.15) is 18.4 Å². The number of rotatable bonds is 5. The van der Waals surface area contributed by atoms with E-state index < -0.39 is 10.1 Å². The highest BCUT2D eigenvalue weighted by atomic mass is 32.2. The van der Waals surface area contributed by atoms with Gasteiger partial charge in [0.05, 0.1) is 12.6 Å². The van der Waals surface area contributed by atoms with Crippen LogP contribution in [-0.4, -0.2) is 41.2 Å². The Morgan fingerprint density at radius 1 is 1.56 bits per heavy atom. The van der Waals surface area contributed by atoms with Gasteiger partial charge in [0, 0.05) is 6.54 Å². The summed E-state index contributed by atoms with van der Waals surface area (Å²) in [5.74, 6) is 0.399. The minimum atomic E-state index is -3.68. The molecule has 2 rings (SSSR count). The summed E-state index contributed by atoms with van der Waals surface area (Å²) in [7, 11) is -3.68. The van der Waals surface area contributed by atoms with Gasteiger partial charge in [0.25, 0.3) is 0 Å². The molecule has 0 bridgehead atoms. The van der Waals surface area contributed by atoms with Crippen molar-refractivity contribution >= 4 is 27.1 Å². The van der Waals surface area contributed by atoms with E-state index in [1.54, 1.807) is 6.08 Å². The first-order valence-corrected chi connectivity index (χ1v) is 6.76. The van der Waals surface area contributed by atoms with Gasteiger partial charge in [0.1, 0.15) is 5.52 Å². The maximum absolute atomic E-state index is 11.0. The second kappa shape index (κ2) is 4.61. The first kappa shape index (κ1) is 12.3. The van der Waals surface area contributed by atoms with Crippen molar-refractivity contribution in [2.75, 3.05) is 18.1 Å². The molecule has 8 nitrogen and oxygen atoms in total. The minimum Gasteiger partial charge on any atom is -0.365 e. The van der Waals surface area contributed by atoms with Crippen LogP contribution in [0.1, 0.15) is 0 Å². The largest absolute Gasteiger partial charge is 0.365 e. The summed E-state index contributed by atoms with van der Waals surface area (Å²) in [6.07, 6.45) is 3.99. The van der Waals surface area contributed by atoms with Crippen molar-refractivity contribution in [2.24, 2.45) is 0 Å².